The van der Waals surface area contributed by atoms with Crippen molar-refractivity contribution in [2.24, 2.45) is 0 Å². The standard InChI is InChI=1S/C14H10Cl3N3O2S/c15-3-4-20-9-10(8-19-20)5-12(7-18)23(21,22)14-6-11(16)1-2-13(14)17/h1-2,5-6,8-9H,3-4H2/b12-5-. The second-order valence-corrected chi connectivity index (χ2v) is 7.53. The number of hydrogen-bond acceptors (Lipinski definition) is 4. The van der Waals surface area contributed by atoms with Crippen LogP contribution in [0.2, 0.25) is 10.0 Å². The molecule has 5 nitrogen and oxygen atoms in total. The zero-order valence-corrected chi connectivity index (χ0v) is 14.7. The van der Waals surface area contributed by atoms with Gasteiger partial charge in [0.25, 0.3) is 0 Å². The summed E-state index contributed by atoms with van der Waals surface area (Å²) in [7, 11) is -4.09. The maximum Gasteiger partial charge on any atom is 0.218 e. The van der Waals surface area contributed by atoms with E-state index in [9.17, 15) is 13.7 Å². The van der Waals surface area contributed by atoms with Crippen molar-refractivity contribution in [2.45, 2.75) is 11.4 Å². The fourth-order valence-corrected chi connectivity index (χ4v) is 3.87. The van der Waals surface area contributed by atoms with Gasteiger partial charge in [0.05, 0.1) is 22.7 Å². The van der Waals surface area contributed by atoms with E-state index >= 15 is 0 Å². The highest BCUT2D eigenvalue weighted by Gasteiger charge is 2.24. The molecule has 9 heteroatoms. The first kappa shape index (κ1) is 17.8. The zero-order valence-electron chi connectivity index (χ0n) is 11.6. The smallest absolute Gasteiger partial charge is 0.218 e. The third kappa shape index (κ3) is 4.06. The summed E-state index contributed by atoms with van der Waals surface area (Å²) in [5.41, 5.74) is 0.466. The lowest BCUT2D eigenvalue weighted by molar-refractivity contribution is 0.603. The molecular formula is C14H10Cl3N3O2S. The monoisotopic (exact) mass is 389 g/mol. The molecule has 0 fully saturated rings. The van der Waals surface area contributed by atoms with Crippen LogP contribution in [-0.4, -0.2) is 24.1 Å². The Balaban J connectivity index is 2.48. The summed E-state index contributed by atoms with van der Waals surface area (Å²) in [4.78, 5) is -0.667. The van der Waals surface area contributed by atoms with E-state index in [1.165, 1.54) is 30.5 Å². The minimum Gasteiger partial charge on any atom is -0.271 e. The molecular weight excluding hydrogens is 381 g/mol. The van der Waals surface area contributed by atoms with Crippen LogP contribution in [0.1, 0.15) is 5.56 Å². The average molecular weight is 391 g/mol. The lowest BCUT2D eigenvalue weighted by atomic mass is 10.3. The molecule has 0 atom stereocenters. The van der Waals surface area contributed by atoms with E-state index in [0.29, 0.717) is 18.0 Å². The van der Waals surface area contributed by atoms with Crippen molar-refractivity contribution in [3.63, 3.8) is 0 Å². The molecule has 0 saturated carbocycles. The topological polar surface area (TPSA) is 75.8 Å². The van der Waals surface area contributed by atoms with Gasteiger partial charge in [0, 0.05) is 22.7 Å². The number of aryl methyl sites for hydroxylation is 1. The average Bonchev–Trinajstić information content (AvgIpc) is 2.94. The van der Waals surface area contributed by atoms with Crippen LogP contribution in [0.15, 0.2) is 40.4 Å². The van der Waals surface area contributed by atoms with E-state index in [4.69, 9.17) is 34.8 Å². The van der Waals surface area contributed by atoms with Crippen molar-refractivity contribution < 1.29 is 8.42 Å². The second-order valence-electron chi connectivity index (χ2n) is 4.42. The number of sulfone groups is 1. The molecule has 2 aromatic rings. The number of hydrogen-bond donors (Lipinski definition) is 0. The SMILES string of the molecule is N#C/C(=C/c1cnn(CCCl)c1)S(=O)(=O)c1cc(Cl)ccc1Cl. The summed E-state index contributed by atoms with van der Waals surface area (Å²) in [5, 5.41) is 13.5. The van der Waals surface area contributed by atoms with Gasteiger partial charge in [-0.3, -0.25) is 4.68 Å². The van der Waals surface area contributed by atoms with Crippen molar-refractivity contribution in [1.82, 2.24) is 9.78 Å². The molecule has 0 unspecified atom stereocenters. The molecule has 0 aliphatic heterocycles. The fourth-order valence-electron chi connectivity index (χ4n) is 1.79. The van der Waals surface area contributed by atoms with Gasteiger partial charge < -0.3 is 0 Å². The quantitative estimate of drug-likeness (QED) is 0.575. The summed E-state index contributed by atoms with van der Waals surface area (Å²) in [5.74, 6) is 0.367. The van der Waals surface area contributed by atoms with Gasteiger partial charge in [-0.05, 0) is 24.3 Å². The molecule has 1 aromatic carbocycles. The van der Waals surface area contributed by atoms with Crippen LogP contribution in [0.4, 0.5) is 0 Å². The predicted octanol–water partition coefficient (Wildman–Crippen LogP) is 3.77. The Bertz CT molecular complexity index is 898. The van der Waals surface area contributed by atoms with Crippen LogP contribution in [0, 0.1) is 11.3 Å². The van der Waals surface area contributed by atoms with Gasteiger partial charge in [0.2, 0.25) is 9.84 Å². The van der Waals surface area contributed by atoms with E-state index in [1.807, 2.05) is 0 Å². The van der Waals surface area contributed by atoms with Crippen molar-refractivity contribution in [3.8, 4) is 6.07 Å². The number of aromatic nitrogens is 2. The third-order valence-electron chi connectivity index (χ3n) is 2.85. The lowest BCUT2D eigenvalue weighted by Gasteiger charge is -2.05. The Labute approximate surface area is 148 Å². The number of nitriles is 1. The molecule has 1 aromatic heterocycles. The summed E-state index contributed by atoms with van der Waals surface area (Å²) < 4.78 is 26.7. The van der Waals surface area contributed by atoms with E-state index in [2.05, 4.69) is 5.10 Å². The molecule has 0 amide bonds. The summed E-state index contributed by atoms with van der Waals surface area (Å²) in [6.07, 6.45) is 4.26. The summed E-state index contributed by atoms with van der Waals surface area (Å²) in [6.45, 7) is 0.476. The Morgan fingerprint density at radius 2 is 2.13 bits per heavy atom. The lowest BCUT2D eigenvalue weighted by Crippen LogP contribution is -2.04. The summed E-state index contributed by atoms with van der Waals surface area (Å²) in [6, 6.07) is 5.73. The highest BCUT2D eigenvalue weighted by molar-refractivity contribution is 7.95. The predicted molar refractivity (Wildman–Crippen MR) is 90.2 cm³/mol. The van der Waals surface area contributed by atoms with Crippen LogP contribution < -0.4 is 0 Å². The maximum atomic E-state index is 12.6. The molecule has 0 aliphatic carbocycles. The Kier molecular flexibility index (Phi) is 5.71. The Hall–Kier alpha value is -1.52. The van der Waals surface area contributed by atoms with Crippen molar-refractivity contribution in [3.05, 3.63) is 51.1 Å². The molecule has 23 heavy (non-hydrogen) atoms. The summed E-state index contributed by atoms with van der Waals surface area (Å²) >= 11 is 17.4. The normalized spacial score (nSPS) is 12.2. The first-order valence-electron chi connectivity index (χ1n) is 6.29. The van der Waals surface area contributed by atoms with Gasteiger partial charge in [0.15, 0.2) is 0 Å². The van der Waals surface area contributed by atoms with Crippen molar-refractivity contribution in [1.29, 1.82) is 5.26 Å². The van der Waals surface area contributed by atoms with Crippen LogP contribution >= 0.6 is 34.8 Å². The molecule has 0 bridgehead atoms. The molecule has 0 aliphatic rings. The van der Waals surface area contributed by atoms with E-state index in [0.717, 1.165) is 0 Å². The van der Waals surface area contributed by atoms with Gasteiger partial charge in [-0.2, -0.15) is 10.4 Å². The largest absolute Gasteiger partial charge is 0.271 e. The number of allylic oxidation sites excluding steroid dienone is 1. The molecule has 1 heterocycles. The van der Waals surface area contributed by atoms with Gasteiger partial charge in [-0.1, -0.05) is 23.2 Å². The minimum absolute atomic E-state index is 0.00612. The molecule has 120 valence electrons. The fraction of sp³-hybridized carbons (Fsp3) is 0.143. The molecule has 0 N–H and O–H groups in total. The van der Waals surface area contributed by atoms with Crippen LogP contribution in [0.25, 0.3) is 6.08 Å². The minimum atomic E-state index is -4.09. The number of benzene rings is 1. The van der Waals surface area contributed by atoms with Gasteiger partial charge in [0.1, 0.15) is 11.0 Å². The van der Waals surface area contributed by atoms with Crippen LogP contribution in [0.3, 0.4) is 0 Å². The van der Waals surface area contributed by atoms with Crippen molar-refractivity contribution in [2.75, 3.05) is 5.88 Å². The van der Waals surface area contributed by atoms with Gasteiger partial charge >= 0.3 is 0 Å². The maximum absolute atomic E-state index is 12.6. The molecule has 0 radical (unpaired) electrons. The van der Waals surface area contributed by atoms with Crippen molar-refractivity contribution >= 4 is 50.7 Å². The van der Waals surface area contributed by atoms with E-state index in [1.54, 1.807) is 16.9 Å². The highest BCUT2D eigenvalue weighted by Crippen LogP contribution is 2.30. The van der Waals surface area contributed by atoms with E-state index < -0.39 is 14.7 Å². The first-order valence-corrected chi connectivity index (χ1v) is 9.06. The Morgan fingerprint density at radius 3 is 2.78 bits per heavy atom. The Morgan fingerprint density at radius 1 is 1.39 bits per heavy atom. The highest BCUT2D eigenvalue weighted by atomic mass is 35.5. The molecule has 0 saturated heterocycles. The molecule has 0 spiro atoms. The molecule has 2 rings (SSSR count). The van der Waals surface area contributed by atoms with Gasteiger partial charge in [-0.15, -0.1) is 11.6 Å². The number of alkyl halides is 1. The zero-order chi connectivity index (χ0) is 17.0. The van der Waals surface area contributed by atoms with E-state index in [-0.39, 0.29) is 14.9 Å². The second kappa shape index (κ2) is 7.37. The number of nitrogens with zero attached hydrogens (tertiary/aromatic N) is 3. The third-order valence-corrected chi connectivity index (χ3v) is 5.40. The number of halogens is 3. The first-order chi connectivity index (χ1) is 10.9. The number of rotatable bonds is 5. The van der Waals surface area contributed by atoms with Gasteiger partial charge in [-0.25, -0.2) is 8.42 Å². The van der Waals surface area contributed by atoms with Crippen LogP contribution in [0.5, 0.6) is 0 Å². The van der Waals surface area contributed by atoms with Crippen LogP contribution in [-0.2, 0) is 16.4 Å².